The largest absolute Gasteiger partial charge is 0.508 e. The SMILES string of the molecule is Cc1c(-c2ccc(O)cc2)n(Cc2ccc(OCCN3CCCCC3)cc2)c2ccc(OC3O[C@H](C(=O)O)[C@@H](O)[C@H](O)[C@H]3O)cc12. The molecular formula is C35H40N2O9. The number of piperidine rings is 1. The average Bonchev–Trinajstić information content (AvgIpc) is 3.32. The van der Waals surface area contributed by atoms with Crippen molar-refractivity contribution >= 4 is 16.9 Å². The number of carbonyl (C=O) groups is 1. The number of aliphatic hydroxyl groups is 3. The number of aromatic hydroxyl groups is 1. The number of fused-ring (bicyclic) bond motifs is 1. The van der Waals surface area contributed by atoms with Gasteiger partial charge in [0.2, 0.25) is 6.29 Å². The first-order chi connectivity index (χ1) is 22.2. The second-order valence-corrected chi connectivity index (χ2v) is 12.0. The third-order valence-corrected chi connectivity index (χ3v) is 8.88. The Morgan fingerprint density at radius 3 is 2.28 bits per heavy atom. The van der Waals surface area contributed by atoms with Crippen molar-refractivity contribution in [1.29, 1.82) is 0 Å². The van der Waals surface area contributed by atoms with Crippen LogP contribution in [-0.2, 0) is 16.1 Å². The predicted octanol–water partition coefficient (Wildman–Crippen LogP) is 3.51. The Morgan fingerprint density at radius 2 is 1.59 bits per heavy atom. The Hall–Kier alpha value is -4.13. The summed E-state index contributed by atoms with van der Waals surface area (Å²) < 4.78 is 19.4. The van der Waals surface area contributed by atoms with E-state index in [0.29, 0.717) is 13.2 Å². The number of phenolic OH excluding ortho intramolecular Hbond substituents is 1. The molecule has 2 saturated heterocycles. The molecule has 3 heterocycles. The van der Waals surface area contributed by atoms with Crippen LogP contribution in [0.5, 0.6) is 17.2 Å². The van der Waals surface area contributed by atoms with Gasteiger partial charge in [-0.2, -0.15) is 0 Å². The predicted molar refractivity (Wildman–Crippen MR) is 170 cm³/mol. The number of carboxylic acids is 1. The van der Waals surface area contributed by atoms with Gasteiger partial charge in [-0.05, 0) is 104 Å². The zero-order valence-electron chi connectivity index (χ0n) is 25.7. The Kier molecular flexibility index (Phi) is 9.48. The minimum Gasteiger partial charge on any atom is -0.508 e. The highest BCUT2D eigenvalue weighted by molar-refractivity contribution is 5.92. The van der Waals surface area contributed by atoms with Gasteiger partial charge in [-0.3, -0.25) is 4.90 Å². The molecular weight excluding hydrogens is 592 g/mol. The highest BCUT2D eigenvalue weighted by atomic mass is 16.7. The van der Waals surface area contributed by atoms with Crippen molar-refractivity contribution in [2.75, 3.05) is 26.2 Å². The molecule has 3 aromatic carbocycles. The Morgan fingerprint density at radius 1 is 0.891 bits per heavy atom. The summed E-state index contributed by atoms with van der Waals surface area (Å²) in [5.41, 5.74) is 4.74. The molecule has 2 aliphatic rings. The summed E-state index contributed by atoms with van der Waals surface area (Å²) in [7, 11) is 0. The fourth-order valence-electron chi connectivity index (χ4n) is 6.36. The molecule has 0 bridgehead atoms. The summed E-state index contributed by atoms with van der Waals surface area (Å²) in [6, 6.07) is 20.4. The van der Waals surface area contributed by atoms with Crippen LogP contribution in [0, 0.1) is 6.92 Å². The number of hydrogen-bond acceptors (Lipinski definition) is 9. The van der Waals surface area contributed by atoms with E-state index in [2.05, 4.69) is 21.6 Å². The van der Waals surface area contributed by atoms with E-state index in [-0.39, 0.29) is 11.5 Å². The summed E-state index contributed by atoms with van der Waals surface area (Å²) in [5.74, 6) is -0.211. The van der Waals surface area contributed by atoms with Crippen LogP contribution < -0.4 is 9.47 Å². The Bertz CT molecular complexity index is 1650. The summed E-state index contributed by atoms with van der Waals surface area (Å²) in [6.45, 7) is 6.37. The van der Waals surface area contributed by atoms with E-state index in [1.54, 1.807) is 24.3 Å². The molecule has 1 aromatic heterocycles. The molecule has 46 heavy (non-hydrogen) atoms. The van der Waals surface area contributed by atoms with E-state index in [1.807, 2.05) is 37.3 Å². The number of aromatic nitrogens is 1. The first-order valence-electron chi connectivity index (χ1n) is 15.6. The highest BCUT2D eigenvalue weighted by Crippen LogP contribution is 2.37. The molecule has 5 N–H and O–H groups in total. The number of rotatable bonds is 10. The fourth-order valence-corrected chi connectivity index (χ4v) is 6.36. The van der Waals surface area contributed by atoms with Crippen LogP contribution in [0.15, 0.2) is 66.7 Å². The number of aliphatic hydroxyl groups excluding tert-OH is 3. The number of aryl methyl sites for hydroxylation is 1. The summed E-state index contributed by atoms with van der Waals surface area (Å²) >= 11 is 0. The molecule has 6 rings (SSSR count). The van der Waals surface area contributed by atoms with Gasteiger partial charge in [-0.25, -0.2) is 4.79 Å². The van der Waals surface area contributed by atoms with Crippen LogP contribution in [-0.4, -0.2) is 97.9 Å². The minimum absolute atomic E-state index is 0.161. The molecule has 5 atom stereocenters. The number of aliphatic carboxylic acids is 1. The molecule has 2 aliphatic heterocycles. The van der Waals surface area contributed by atoms with E-state index in [9.17, 15) is 30.3 Å². The van der Waals surface area contributed by atoms with Crippen molar-refractivity contribution in [3.63, 3.8) is 0 Å². The van der Waals surface area contributed by atoms with Crippen LogP contribution in [0.2, 0.25) is 0 Å². The van der Waals surface area contributed by atoms with Crippen LogP contribution in [0.3, 0.4) is 0 Å². The van der Waals surface area contributed by atoms with Gasteiger partial charge in [0.05, 0.1) is 5.69 Å². The molecule has 11 heteroatoms. The second-order valence-electron chi connectivity index (χ2n) is 12.0. The lowest BCUT2D eigenvalue weighted by atomic mass is 9.99. The van der Waals surface area contributed by atoms with E-state index in [4.69, 9.17) is 14.2 Å². The maximum atomic E-state index is 11.5. The molecule has 11 nitrogen and oxygen atoms in total. The van der Waals surface area contributed by atoms with Crippen molar-refractivity contribution < 1.29 is 44.5 Å². The maximum absolute atomic E-state index is 11.5. The van der Waals surface area contributed by atoms with Gasteiger partial charge in [-0.15, -0.1) is 0 Å². The average molecular weight is 633 g/mol. The topological polar surface area (TPSA) is 154 Å². The van der Waals surface area contributed by atoms with Gasteiger partial charge < -0.3 is 44.3 Å². The number of carboxylic acid groups (broad SMARTS) is 1. The first-order valence-corrected chi connectivity index (χ1v) is 15.6. The number of ether oxygens (including phenoxy) is 3. The lowest BCUT2D eigenvalue weighted by Crippen LogP contribution is -2.61. The standard InChI is InChI=1S/C35H40N2O9/c1-21-27-19-26(45-35-32(41)30(39)31(40)33(46-35)34(42)43)13-14-28(27)37(29(21)23-7-9-24(38)10-8-23)20-22-5-11-25(12-6-22)44-18-17-36-15-3-2-4-16-36/h5-14,19,30-33,35,38-41H,2-4,15-18,20H2,1H3,(H,42,43)/t30-,31-,32+,33-,35?/m0/s1. The summed E-state index contributed by atoms with van der Waals surface area (Å²) in [5, 5.41) is 50.9. The first kappa shape index (κ1) is 31.8. The monoisotopic (exact) mass is 632 g/mol. The number of hydrogen-bond donors (Lipinski definition) is 5. The van der Waals surface area contributed by atoms with E-state index >= 15 is 0 Å². The van der Waals surface area contributed by atoms with Crippen LogP contribution in [0.1, 0.15) is 30.4 Å². The molecule has 0 spiro atoms. The van der Waals surface area contributed by atoms with Gasteiger partial charge in [0.15, 0.2) is 6.10 Å². The molecule has 0 amide bonds. The van der Waals surface area contributed by atoms with Crippen LogP contribution >= 0.6 is 0 Å². The zero-order chi connectivity index (χ0) is 32.4. The normalized spacial score (nSPS) is 23.8. The van der Waals surface area contributed by atoms with Gasteiger partial charge in [0.1, 0.15) is 42.2 Å². The van der Waals surface area contributed by atoms with Crippen LogP contribution in [0.25, 0.3) is 22.2 Å². The fraction of sp³-hybridized carbons (Fsp3) is 0.400. The number of nitrogens with zero attached hydrogens (tertiary/aromatic N) is 2. The molecule has 0 saturated carbocycles. The smallest absolute Gasteiger partial charge is 0.335 e. The maximum Gasteiger partial charge on any atom is 0.335 e. The van der Waals surface area contributed by atoms with Crippen molar-refractivity contribution in [1.82, 2.24) is 9.47 Å². The quantitative estimate of drug-likeness (QED) is 0.176. The van der Waals surface area contributed by atoms with Crippen molar-refractivity contribution in [2.45, 2.75) is 63.4 Å². The Labute approximate surface area is 266 Å². The molecule has 0 aliphatic carbocycles. The molecule has 2 fully saturated rings. The Balaban J connectivity index is 1.26. The molecule has 1 unspecified atom stereocenters. The summed E-state index contributed by atoms with van der Waals surface area (Å²) in [6.07, 6.45) is -4.70. The van der Waals surface area contributed by atoms with Crippen LogP contribution in [0.4, 0.5) is 0 Å². The lowest BCUT2D eigenvalue weighted by Gasteiger charge is -2.38. The lowest BCUT2D eigenvalue weighted by molar-refractivity contribution is -0.271. The molecule has 4 aromatic rings. The van der Waals surface area contributed by atoms with E-state index < -0.39 is 36.7 Å². The van der Waals surface area contributed by atoms with Gasteiger partial charge in [-0.1, -0.05) is 18.6 Å². The van der Waals surface area contributed by atoms with Crippen molar-refractivity contribution in [3.05, 3.63) is 77.9 Å². The van der Waals surface area contributed by atoms with Gasteiger partial charge >= 0.3 is 5.97 Å². The van der Waals surface area contributed by atoms with Crippen molar-refractivity contribution in [3.8, 4) is 28.5 Å². The second kappa shape index (κ2) is 13.7. The zero-order valence-corrected chi connectivity index (χ0v) is 25.7. The molecule has 0 radical (unpaired) electrons. The third-order valence-electron chi connectivity index (χ3n) is 8.88. The number of phenols is 1. The molecule has 244 valence electrons. The third kappa shape index (κ3) is 6.69. The van der Waals surface area contributed by atoms with Gasteiger partial charge in [0, 0.05) is 24.0 Å². The summed E-state index contributed by atoms with van der Waals surface area (Å²) in [4.78, 5) is 14.0. The van der Waals surface area contributed by atoms with Crippen molar-refractivity contribution in [2.24, 2.45) is 0 Å². The highest BCUT2D eigenvalue weighted by Gasteiger charge is 2.48. The number of benzene rings is 3. The minimum atomic E-state index is -1.81. The number of likely N-dealkylation sites (tertiary alicyclic amines) is 1. The van der Waals surface area contributed by atoms with E-state index in [0.717, 1.165) is 58.7 Å². The van der Waals surface area contributed by atoms with E-state index in [1.165, 1.54) is 19.3 Å². The van der Waals surface area contributed by atoms with Gasteiger partial charge in [0.25, 0.3) is 0 Å².